The highest BCUT2D eigenvalue weighted by atomic mass is 35.5. The smallest absolute Gasteiger partial charge is 0.305 e. The van der Waals surface area contributed by atoms with E-state index in [-0.39, 0.29) is 6.42 Å². The number of halogens is 1. The average Bonchev–Trinajstić information content (AvgIpc) is 2.73. The van der Waals surface area contributed by atoms with Crippen molar-refractivity contribution in [3.8, 4) is 16.9 Å². The third-order valence-corrected chi connectivity index (χ3v) is 4.96. The maximum Gasteiger partial charge on any atom is 0.305 e. The molecule has 2 aromatic carbocycles. The van der Waals surface area contributed by atoms with Crippen molar-refractivity contribution in [1.29, 1.82) is 0 Å². The molecule has 0 aliphatic carbocycles. The van der Waals surface area contributed by atoms with E-state index in [0.717, 1.165) is 16.7 Å². The number of rotatable bonds is 7. The van der Waals surface area contributed by atoms with Crippen molar-refractivity contribution in [2.24, 2.45) is 0 Å². The lowest BCUT2D eigenvalue weighted by molar-refractivity contribution is -0.137. The van der Waals surface area contributed by atoms with Gasteiger partial charge in [-0.1, -0.05) is 35.9 Å². The van der Waals surface area contributed by atoms with Crippen molar-refractivity contribution in [2.75, 3.05) is 7.11 Å². The molecule has 1 atom stereocenters. The zero-order chi connectivity index (χ0) is 21.7. The topological polar surface area (TPSA) is 88.5 Å². The molecular formula is C23H21ClN2O4. The van der Waals surface area contributed by atoms with E-state index in [2.05, 4.69) is 10.3 Å². The molecule has 30 heavy (non-hydrogen) atoms. The standard InChI is InChI=1S/C23H21ClN2O4/c1-14-5-3-4-6-18(14)20(11-22(27)28)26-23(29)16-9-15(12-25-13-16)19-8-7-17(24)10-21(19)30-2/h3-10,12-13,20H,11H2,1-2H3,(H,26,29)(H,27,28)/t20-/m0/s1. The first-order chi connectivity index (χ1) is 14.4. The van der Waals surface area contributed by atoms with Gasteiger partial charge < -0.3 is 15.2 Å². The number of hydrogen-bond donors (Lipinski definition) is 2. The SMILES string of the molecule is COc1cc(Cl)ccc1-c1cncc(C(=O)N[C@@H](CC(=O)O)c2ccccc2C)c1. The van der Waals surface area contributed by atoms with Crippen LogP contribution in [0.15, 0.2) is 60.9 Å². The first-order valence-corrected chi connectivity index (χ1v) is 9.64. The molecule has 0 fully saturated rings. The third kappa shape index (κ3) is 4.96. The first-order valence-electron chi connectivity index (χ1n) is 9.26. The summed E-state index contributed by atoms with van der Waals surface area (Å²) in [5.41, 5.74) is 3.40. The Morgan fingerprint density at radius 3 is 2.63 bits per heavy atom. The molecule has 1 amide bonds. The van der Waals surface area contributed by atoms with Crippen LogP contribution in [-0.2, 0) is 4.79 Å². The van der Waals surface area contributed by atoms with E-state index < -0.39 is 17.9 Å². The van der Waals surface area contributed by atoms with Crippen molar-refractivity contribution in [2.45, 2.75) is 19.4 Å². The number of nitrogens with one attached hydrogen (secondary N) is 1. The number of nitrogens with zero attached hydrogens (tertiary/aromatic N) is 1. The van der Waals surface area contributed by atoms with Gasteiger partial charge in [-0.25, -0.2) is 0 Å². The molecule has 3 rings (SSSR count). The molecule has 6 nitrogen and oxygen atoms in total. The first kappa shape index (κ1) is 21.3. The molecule has 0 radical (unpaired) electrons. The predicted molar refractivity (Wildman–Crippen MR) is 115 cm³/mol. The zero-order valence-corrected chi connectivity index (χ0v) is 17.3. The average molecular weight is 425 g/mol. The van der Waals surface area contributed by atoms with E-state index in [1.807, 2.05) is 31.2 Å². The van der Waals surface area contributed by atoms with Gasteiger partial charge in [-0.2, -0.15) is 0 Å². The van der Waals surface area contributed by atoms with Crippen molar-refractivity contribution >= 4 is 23.5 Å². The van der Waals surface area contributed by atoms with E-state index in [4.69, 9.17) is 16.3 Å². The van der Waals surface area contributed by atoms with E-state index >= 15 is 0 Å². The Kier molecular flexibility index (Phi) is 6.69. The van der Waals surface area contributed by atoms with Crippen molar-refractivity contribution in [3.63, 3.8) is 0 Å². The number of carboxylic acid groups (broad SMARTS) is 1. The van der Waals surface area contributed by atoms with Crippen LogP contribution < -0.4 is 10.1 Å². The van der Waals surface area contributed by atoms with Gasteiger partial charge >= 0.3 is 5.97 Å². The number of hydrogen-bond acceptors (Lipinski definition) is 4. The van der Waals surface area contributed by atoms with Crippen LogP contribution >= 0.6 is 11.6 Å². The summed E-state index contributed by atoms with van der Waals surface area (Å²) < 4.78 is 5.38. The van der Waals surface area contributed by atoms with E-state index in [0.29, 0.717) is 21.9 Å². The van der Waals surface area contributed by atoms with E-state index in [1.54, 1.807) is 30.5 Å². The molecule has 1 heterocycles. The number of carboxylic acids is 1. The molecule has 0 unspecified atom stereocenters. The number of ether oxygens (including phenoxy) is 1. The molecule has 0 saturated heterocycles. The maximum absolute atomic E-state index is 12.9. The van der Waals surface area contributed by atoms with Crippen LogP contribution in [0.1, 0.15) is 33.9 Å². The van der Waals surface area contributed by atoms with Crippen LogP contribution in [0.25, 0.3) is 11.1 Å². The van der Waals surface area contributed by atoms with Crippen LogP contribution in [0.4, 0.5) is 0 Å². The van der Waals surface area contributed by atoms with Gasteiger partial charge in [0.25, 0.3) is 5.91 Å². The molecule has 0 aliphatic rings. The van der Waals surface area contributed by atoms with Crippen molar-refractivity contribution in [1.82, 2.24) is 10.3 Å². The number of pyridine rings is 1. The van der Waals surface area contributed by atoms with Gasteiger partial charge in [0.2, 0.25) is 0 Å². The highest BCUT2D eigenvalue weighted by molar-refractivity contribution is 6.30. The zero-order valence-electron chi connectivity index (χ0n) is 16.6. The molecule has 0 aliphatic heterocycles. The fourth-order valence-electron chi connectivity index (χ4n) is 3.25. The van der Waals surface area contributed by atoms with E-state index in [9.17, 15) is 14.7 Å². The number of carbonyl (C=O) groups excluding carboxylic acids is 1. The van der Waals surface area contributed by atoms with Gasteiger partial charge in [0.15, 0.2) is 0 Å². The third-order valence-electron chi connectivity index (χ3n) is 4.72. The summed E-state index contributed by atoms with van der Waals surface area (Å²) in [6, 6.07) is 13.6. The molecule has 0 saturated carbocycles. The van der Waals surface area contributed by atoms with Crippen LogP contribution in [0.5, 0.6) is 5.75 Å². The summed E-state index contributed by atoms with van der Waals surface area (Å²) in [5.74, 6) is -0.848. The Balaban J connectivity index is 1.90. The Labute approximate surface area is 179 Å². The van der Waals surface area contributed by atoms with Crippen molar-refractivity contribution < 1.29 is 19.4 Å². The van der Waals surface area contributed by atoms with Crippen LogP contribution in [-0.4, -0.2) is 29.1 Å². The molecule has 2 N–H and O–H groups in total. The van der Waals surface area contributed by atoms with Gasteiger partial charge in [0.1, 0.15) is 5.75 Å². The Morgan fingerprint density at radius 2 is 1.93 bits per heavy atom. The lowest BCUT2D eigenvalue weighted by atomic mass is 9.98. The fourth-order valence-corrected chi connectivity index (χ4v) is 3.41. The van der Waals surface area contributed by atoms with Gasteiger partial charge in [-0.15, -0.1) is 0 Å². The quantitative estimate of drug-likeness (QED) is 0.575. The molecule has 0 bridgehead atoms. The summed E-state index contributed by atoms with van der Waals surface area (Å²) in [7, 11) is 1.54. The van der Waals surface area contributed by atoms with Crippen LogP contribution in [0.3, 0.4) is 0 Å². The number of aromatic nitrogens is 1. The summed E-state index contributed by atoms with van der Waals surface area (Å²) in [4.78, 5) is 28.5. The second kappa shape index (κ2) is 9.41. The molecule has 1 aromatic heterocycles. The van der Waals surface area contributed by atoms with Crippen LogP contribution in [0, 0.1) is 6.92 Å². The number of benzene rings is 2. The summed E-state index contributed by atoms with van der Waals surface area (Å²) in [6.07, 6.45) is 2.84. The Hall–Kier alpha value is -3.38. The van der Waals surface area contributed by atoms with E-state index in [1.165, 1.54) is 13.3 Å². The molecule has 3 aromatic rings. The van der Waals surface area contributed by atoms with Gasteiger partial charge in [0, 0.05) is 28.5 Å². The monoisotopic (exact) mass is 424 g/mol. The molecular weight excluding hydrogens is 404 g/mol. The summed E-state index contributed by atoms with van der Waals surface area (Å²) in [5, 5.41) is 12.7. The lowest BCUT2D eigenvalue weighted by Crippen LogP contribution is -2.30. The minimum atomic E-state index is -0.999. The largest absolute Gasteiger partial charge is 0.496 e. The van der Waals surface area contributed by atoms with Gasteiger partial charge in [-0.05, 0) is 42.3 Å². The summed E-state index contributed by atoms with van der Waals surface area (Å²) in [6.45, 7) is 1.88. The van der Waals surface area contributed by atoms with Crippen molar-refractivity contribution in [3.05, 3.63) is 82.6 Å². The fraction of sp³-hybridized carbons (Fsp3) is 0.174. The normalized spacial score (nSPS) is 11.6. The number of methoxy groups -OCH3 is 1. The Morgan fingerprint density at radius 1 is 1.17 bits per heavy atom. The highest BCUT2D eigenvalue weighted by Crippen LogP contribution is 2.32. The molecule has 0 spiro atoms. The molecule has 7 heteroatoms. The minimum absolute atomic E-state index is 0.227. The lowest BCUT2D eigenvalue weighted by Gasteiger charge is -2.19. The number of aliphatic carboxylic acids is 1. The number of aryl methyl sites for hydroxylation is 1. The Bertz CT molecular complexity index is 1080. The summed E-state index contributed by atoms with van der Waals surface area (Å²) >= 11 is 6.03. The van der Waals surface area contributed by atoms with Gasteiger partial charge in [-0.3, -0.25) is 14.6 Å². The predicted octanol–water partition coefficient (Wildman–Crippen LogP) is 4.66. The molecule has 154 valence electrons. The van der Waals surface area contributed by atoms with Crippen LogP contribution in [0.2, 0.25) is 5.02 Å². The highest BCUT2D eigenvalue weighted by Gasteiger charge is 2.21. The minimum Gasteiger partial charge on any atom is -0.496 e. The number of amides is 1. The second-order valence-corrected chi connectivity index (χ2v) is 7.22. The van der Waals surface area contributed by atoms with Gasteiger partial charge in [0.05, 0.1) is 25.1 Å². The maximum atomic E-state index is 12.9. The second-order valence-electron chi connectivity index (χ2n) is 6.79. The number of carbonyl (C=O) groups is 2.